The normalized spacial score (nSPS) is 20.3. The second kappa shape index (κ2) is 5.10. The Morgan fingerprint density at radius 1 is 1.38 bits per heavy atom. The largest absolute Gasteiger partial charge is 0.337 e. The third kappa shape index (κ3) is 3.78. The first kappa shape index (κ1) is 15.4. The Balaban J connectivity index is 2.07. The fourth-order valence-electron chi connectivity index (χ4n) is 2.95. The summed E-state index contributed by atoms with van der Waals surface area (Å²) in [5, 5.41) is 18.0. The first-order valence-corrected chi connectivity index (χ1v) is 6.82. The van der Waals surface area contributed by atoms with Crippen LogP contribution < -0.4 is 5.32 Å². The van der Waals surface area contributed by atoms with E-state index in [2.05, 4.69) is 10.4 Å². The van der Waals surface area contributed by atoms with Crippen LogP contribution in [0.1, 0.15) is 27.7 Å². The van der Waals surface area contributed by atoms with Gasteiger partial charge >= 0.3 is 5.69 Å². The number of hydrogen-bond acceptors (Lipinski definition) is 5. The van der Waals surface area contributed by atoms with Crippen LogP contribution in [0.2, 0.25) is 0 Å². The molecular formula is C13H21N5O3. The number of piperazine rings is 1. The van der Waals surface area contributed by atoms with Gasteiger partial charge < -0.3 is 10.2 Å². The van der Waals surface area contributed by atoms with Crippen LogP contribution in [0.15, 0.2) is 12.4 Å². The molecule has 0 saturated carbocycles. The fourth-order valence-corrected chi connectivity index (χ4v) is 2.95. The van der Waals surface area contributed by atoms with Gasteiger partial charge in [-0.15, -0.1) is 0 Å². The Labute approximate surface area is 123 Å². The van der Waals surface area contributed by atoms with Crippen molar-refractivity contribution in [3.63, 3.8) is 0 Å². The molecular weight excluding hydrogens is 274 g/mol. The zero-order chi connectivity index (χ0) is 15.8. The number of hydrogen-bond donors (Lipinski definition) is 1. The molecule has 1 saturated heterocycles. The van der Waals surface area contributed by atoms with Crippen molar-refractivity contribution in [1.82, 2.24) is 20.0 Å². The number of amides is 1. The van der Waals surface area contributed by atoms with Crippen molar-refractivity contribution in [3.05, 3.63) is 22.5 Å². The van der Waals surface area contributed by atoms with Gasteiger partial charge in [-0.05, 0) is 27.7 Å². The number of nitro groups is 1. The van der Waals surface area contributed by atoms with Gasteiger partial charge in [0.25, 0.3) is 0 Å². The first-order chi connectivity index (χ1) is 9.58. The van der Waals surface area contributed by atoms with Gasteiger partial charge in [-0.25, -0.2) is 0 Å². The van der Waals surface area contributed by atoms with E-state index in [1.54, 1.807) is 4.90 Å². The van der Waals surface area contributed by atoms with Crippen LogP contribution in [0.4, 0.5) is 5.69 Å². The van der Waals surface area contributed by atoms with Crippen LogP contribution in [-0.4, -0.2) is 49.7 Å². The lowest BCUT2D eigenvalue weighted by Crippen LogP contribution is -2.67. The van der Waals surface area contributed by atoms with Gasteiger partial charge in [-0.2, -0.15) is 5.10 Å². The van der Waals surface area contributed by atoms with Gasteiger partial charge in [-0.1, -0.05) is 0 Å². The summed E-state index contributed by atoms with van der Waals surface area (Å²) in [5.74, 6) is -0.0874. The second-order valence-corrected chi connectivity index (χ2v) is 6.80. The van der Waals surface area contributed by atoms with Gasteiger partial charge in [0, 0.05) is 24.2 Å². The Bertz CT molecular complexity index is 548. The third-order valence-electron chi connectivity index (χ3n) is 3.33. The van der Waals surface area contributed by atoms with Gasteiger partial charge in [0.05, 0.1) is 4.92 Å². The van der Waals surface area contributed by atoms with E-state index in [1.807, 2.05) is 27.7 Å². The molecule has 1 amide bonds. The lowest BCUT2D eigenvalue weighted by molar-refractivity contribution is -0.385. The van der Waals surface area contributed by atoms with E-state index in [1.165, 1.54) is 10.9 Å². The van der Waals surface area contributed by atoms with Gasteiger partial charge in [0.2, 0.25) is 5.91 Å². The highest BCUT2D eigenvalue weighted by atomic mass is 16.6. The maximum absolute atomic E-state index is 12.4. The lowest BCUT2D eigenvalue weighted by Gasteiger charge is -2.48. The van der Waals surface area contributed by atoms with E-state index in [4.69, 9.17) is 0 Å². The number of nitrogens with zero attached hydrogens (tertiary/aromatic N) is 4. The Morgan fingerprint density at radius 2 is 1.95 bits per heavy atom. The molecule has 1 aliphatic heterocycles. The average molecular weight is 295 g/mol. The molecule has 0 radical (unpaired) electrons. The van der Waals surface area contributed by atoms with E-state index >= 15 is 0 Å². The molecule has 0 aliphatic carbocycles. The predicted octanol–water partition coefficient (Wildman–Crippen LogP) is 0.780. The van der Waals surface area contributed by atoms with Crippen LogP contribution >= 0.6 is 0 Å². The molecule has 1 aliphatic rings. The summed E-state index contributed by atoms with van der Waals surface area (Å²) in [6.07, 6.45) is 2.43. The van der Waals surface area contributed by atoms with Crippen molar-refractivity contribution in [2.24, 2.45) is 0 Å². The summed E-state index contributed by atoms with van der Waals surface area (Å²) in [4.78, 5) is 24.3. The van der Waals surface area contributed by atoms with Crippen LogP contribution in [0.3, 0.4) is 0 Å². The average Bonchev–Trinajstić information content (AvgIpc) is 2.73. The smallest absolute Gasteiger partial charge is 0.307 e. The van der Waals surface area contributed by atoms with Gasteiger partial charge in [0.15, 0.2) is 0 Å². The zero-order valence-corrected chi connectivity index (χ0v) is 12.8. The second-order valence-electron chi connectivity index (χ2n) is 6.80. The molecule has 0 unspecified atom stereocenters. The van der Waals surface area contributed by atoms with E-state index in [0.29, 0.717) is 13.1 Å². The van der Waals surface area contributed by atoms with Gasteiger partial charge in [-0.3, -0.25) is 19.6 Å². The quantitative estimate of drug-likeness (QED) is 0.657. The molecule has 1 aromatic rings. The minimum Gasteiger partial charge on any atom is -0.337 e. The Morgan fingerprint density at radius 3 is 2.43 bits per heavy atom. The van der Waals surface area contributed by atoms with Crippen molar-refractivity contribution in [3.8, 4) is 0 Å². The molecule has 1 aromatic heterocycles. The molecule has 2 rings (SSSR count). The minimum atomic E-state index is -0.523. The maximum Gasteiger partial charge on any atom is 0.307 e. The molecule has 2 heterocycles. The molecule has 116 valence electrons. The lowest BCUT2D eigenvalue weighted by atomic mass is 9.91. The molecule has 8 heteroatoms. The van der Waals surface area contributed by atoms with Crippen molar-refractivity contribution in [2.45, 2.75) is 45.3 Å². The molecule has 0 bridgehead atoms. The van der Waals surface area contributed by atoms with Crippen LogP contribution in [0, 0.1) is 10.1 Å². The highest BCUT2D eigenvalue weighted by Gasteiger charge is 2.38. The SMILES string of the molecule is CC1(C)CN(C(=O)Cn2cc([N+](=O)[O-])cn2)CC(C)(C)N1. The Hall–Kier alpha value is -1.96. The molecule has 1 fully saturated rings. The van der Waals surface area contributed by atoms with Crippen LogP contribution in [0.5, 0.6) is 0 Å². The molecule has 21 heavy (non-hydrogen) atoms. The molecule has 0 atom stereocenters. The maximum atomic E-state index is 12.4. The van der Waals surface area contributed by atoms with E-state index < -0.39 is 4.92 Å². The van der Waals surface area contributed by atoms with E-state index in [0.717, 1.165) is 6.20 Å². The summed E-state index contributed by atoms with van der Waals surface area (Å²) in [6.45, 7) is 9.40. The summed E-state index contributed by atoms with van der Waals surface area (Å²) < 4.78 is 1.31. The van der Waals surface area contributed by atoms with Gasteiger partial charge in [0.1, 0.15) is 18.9 Å². The number of carbonyl (C=O) groups excluding carboxylic acids is 1. The standard InChI is InChI=1S/C13H21N5O3/c1-12(2)8-16(9-13(3,4)15-12)11(19)7-17-6-10(5-14-17)18(20)21/h5-6,15H,7-9H2,1-4H3. The summed E-state index contributed by atoms with van der Waals surface area (Å²) in [7, 11) is 0. The summed E-state index contributed by atoms with van der Waals surface area (Å²) in [6, 6.07) is 0. The molecule has 0 aromatic carbocycles. The summed E-state index contributed by atoms with van der Waals surface area (Å²) >= 11 is 0. The predicted molar refractivity (Wildman–Crippen MR) is 76.8 cm³/mol. The monoisotopic (exact) mass is 295 g/mol. The van der Waals surface area contributed by atoms with Crippen molar-refractivity contribution in [1.29, 1.82) is 0 Å². The molecule has 1 N–H and O–H groups in total. The Kier molecular flexibility index (Phi) is 3.75. The highest BCUT2D eigenvalue weighted by Crippen LogP contribution is 2.21. The number of carbonyl (C=O) groups is 1. The zero-order valence-electron chi connectivity index (χ0n) is 12.8. The fraction of sp³-hybridized carbons (Fsp3) is 0.692. The number of rotatable bonds is 3. The summed E-state index contributed by atoms with van der Waals surface area (Å²) in [5.41, 5.74) is -0.454. The topological polar surface area (TPSA) is 93.3 Å². The molecule has 8 nitrogen and oxygen atoms in total. The number of nitrogens with one attached hydrogen (secondary N) is 1. The molecule has 0 spiro atoms. The van der Waals surface area contributed by atoms with Crippen LogP contribution in [-0.2, 0) is 11.3 Å². The van der Waals surface area contributed by atoms with Crippen molar-refractivity contribution in [2.75, 3.05) is 13.1 Å². The minimum absolute atomic E-state index is 0.0139. The first-order valence-electron chi connectivity index (χ1n) is 6.82. The van der Waals surface area contributed by atoms with Crippen molar-refractivity contribution < 1.29 is 9.72 Å². The van der Waals surface area contributed by atoms with E-state index in [-0.39, 0.29) is 29.2 Å². The van der Waals surface area contributed by atoms with Crippen molar-refractivity contribution >= 4 is 11.6 Å². The highest BCUT2D eigenvalue weighted by molar-refractivity contribution is 5.76. The van der Waals surface area contributed by atoms with Crippen LogP contribution in [0.25, 0.3) is 0 Å². The third-order valence-corrected chi connectivity index (χ3v) is 3.33. The van der Waals surface area contributed by atoms with E-state index in [9.17, 15) is 14.9 Å². The number of aromatic nitrogens is 2.